The van der Waals surface area contributed by atoms with Gasteiger partial charge in [0.25, 0.3) is 0 Å². The van der Waals surface area contributed by atoms with Gasteiger partial charge in [-0.15, -0.1) is 34.9 Å². The van der Waals surface area contributed by atoms with E-state index >= 15 is 0 Å². The van der Waals surface area contributed by atoms with E-state index in [1.165, 1.54) is 30.4 Å². The van der Waals surface area contributed by atoms with Gasteiger partial charge in [-0.25, -0.2) is 0 Å². The summed E-state index contributed by atoms with van der Waals surface area (Å²) in [5.41, 5.74) is 6.95. The number of carbonyl (C=O) groups is 2. The van der Waals surface area contributed by atoms with Crippen LogP contribution in [-0.4, -0.2) is 16.6 Å². The summed E-state index contributed by atoms with van der Waals surface area (Å²) >= 11 is 0. The maximum atomic E-state index is 10.0. The van der Waals surface area contributed by atoms with Gasteiger partial charge in [0, 0.05) is 25.5 Å². The Morgan fingerprint density at radius 1 is 1.00 bits per heavy atom. The molecule has 2 aromatic carbocycles. The van der Waals surface area contributed by atoms with Crippen LogP contribution in [0.3, 0.4) is 0 Å². The SMILES string of the molecule is CC(=O)CC(C)=O.Cc1[c-]c(-c2ccc3c(CC(C)C)cccc3n2)cc(C)c1.[Ir]. The molecule has 30 heavy (non-hydrogen) atoms. The maximum Gasteiger partial charge on any atom is 0.137 e. The molecule has 161 valence electrons. The van der Waals surface area contributed by atoms with Crippen LogP contribution in [0.15, 0.2) is 42.5 Å². The van der Waals surface area contributed by atoms with E-state index in [9.17, 15) is 9.59 Å². The van der Waals surface area contributed by atoms with Gasteiger partial charge in [-0.3, -0.25) is 14.6 Å². The van der Waals surface area contributed by atoms with Crippen LogP contribution in [0, 0.1) is 25.8 Å². The Balaban J connectivity index is 0.000000489. The van der Waals surface area contributed by atoms with Crippen molar-refractivity contribution in [3.05, 3.63) is 65.2 Å². The third kappa shape index (κ3) is 7.93. The summed E-state index contributed by atoms with van der Waals surface area (Å²) < 4.78 is 0. The van der Waals surface area contributed by atoms with E-state index in [-0.39, 0.29) is 38.1 Å². The molecule has 4 heteroatoms. The van der Waals surface area contributed by atoms with Gasteiger partial charge >= 0.3 is 0 Å². The minimum absolute atomic E-state index is 0. The fourth-order valence-electron chi connectivity index (χ4n) is 3.37. The molecular formula is C26H30IrNO2-. The van der Waals surface area contributed by atoms with Crippen molar-refractivity contribution in [3.8, 4) is 11.3 Å². The first kappa shape index (κ1) is 25.9. The third-order valence-electron chi connectivity index (χ3n) is 4.37. The van der Waals surface area contributed by atoms with Gasteiger partial charge in [-0.2, -0.15) is 0 Å². The Labute approximate surface area is 193 Å². The zero-order valence-corrected chi connectivity index (χ0v) is 21.0. The minimum atomic E-state index is -0.0625. The van der Waals surface area contributed by atoms with Crippen molar-refractivity contribution in [2.45, 2.75) is 54.4 Å². The fourth-order valence-corrected chi connectivity index (χ4v) is 3.37. The second-order valence-electron chi connectivity index (χ2n) is 8.11. The van der Waals surface area contributed by atoms with Crippen molar-refractivity contribution in [2.75, 3.05) is 0 Å². The van der Waals surface area contributed by atoms with Crippen molar-refractivity contribution in [1.29, 1.82) is 0 Å². The molecule has 3 nitrogen and oxygen atoms in total. The van der Waals surface area contributed by atoms with E-state index in [0.29, 0.717) is 5.92 Å². The molecule has 0 aliphatic rings. The van der Waals surface area contributed by atoms with Crippen LogP contribution < -0.4 is 0 Å². The van der Waals surface area contributed by atoms with Gasteiger partial charge < -0.3 is 0 Å². The molecule has 3 aromatic rings. The molecule has 0 N–H and O–H groups in total. The molecule has 1 heterocycles. The first-order valence-corrected chi connectivity index (χ1v) is 10.0. The van der Waals surface area contributed by atoms with Gasteiger partial charge in [-0.1, -0.05) is 52.0 Å². The van der Waals surface area contributed by atoms with E-state index < -0.39 is 0 Å². The summed E-state index contributed by atoms with van der Waals surface area (Å²) in [6.45, 7) is 11.5. The zero-order chi connectivity index (χ0) is 21.6. The molecule has 0 spiro atoms. The number of aromatic nitrogens is 1. The molecule has 0 saturated carbocycles. The van der Waals surface area contributed by atoms with E-state index in [1.54, 1.807) is 0 Å². The smallest absolute Gasteiger partial charge is 0.137 e. The van der Waals surface area contributed by atoms with Crippen LogP contribution in [0.2, 0.25) is 0 Å². The van der Waals surface area contributed by atoms with Crippen molar-refractivity contribution >= 4 is 22.5 Å². The second-order valence-corrected chi connectivity index (χ2v) is 8.11. The van der Waals surface area contributed by atoms with Crippen LogP contribution >= 0.6 is 0 Å². The number of ketones is 2. The number of carbonyl (C=O) groups excluding carboxylic acids is 2. The van der Waals surface area contributed by atoms with Crippen LogP contribution in [0.4, 0.5) is 0 Å². The van der Waals surface area contributed by atoms with E-state index in [4.69, 9.17) is 4.98 Å². The minimum Gasteiger partial charge on any atom is -0.300 e. The largest absolute Gasteiger partial charge is 0.300 e. The topological polar surface area (TPSA) is 47.0 Å². The van der Waals surface area contributed by atoms with Crippen LogP contribution in [0.5, 0.6) is 0 Å². The summed E-state index contributed by atoms with van der Waals surface area (Å²) in [7, 11) is 0. The summed E-state index contributed by atoms with van der Waals surface area (Å²) in [6.07, 6.45) is 1.17. The standard InChI is InChI=1S/C21H22N.C5H8O2.Ir/c1-14(2)10-17-6-5-7-21-19(17)8-9-20(22-21)18-12-15(3)11-16(4)13-18;1-4(6)3-5(2)7;/h5-9,11-12,14H,10H2,1-4H3;3H2,1-2H3;/q-1;;. The quantitative estimate of drug-likeness (QED) is 0.272. The van der Waals surface area contributed by atoms with Crippen molar-refractivity contribution in [1.82, 2.24) is 4.98 Å². The van der Waals surface area contributed by atoms with Crippen LogP contribution in [0.1, 0.15) is 50.8 Å². The first-order chi connectivity index (χ1) is 13.7. The first-order valence-electron chi connectivity index (χ1n) is 10.0. The van der Waals surface area contributed by atoms with Gasteiger partial charge in [0.2, 0.25) is 0 Å². The molecule has 0 amide bonds. The van der Waals surface area contributed by atoms with Crippen molar-refractivity contribution in [3.63, 3.8) is 0 Å². The number of rotatable bonds is 5. The van der Waals surface area contributed by atoms with Gasteiger partial charge in [0.1, 0.15) is 11.6 Å². The summed E-state index contributed by atoms with van der Waals surface area (Å²) in [5, 5.41) is 1.27. The molecule has 0 unspecified atom stereocenters. The van der Waals surface area contributed by atoms with Crippen molar-refractivity contribution < 1.29 is 29.7 Å². The maximum absolute atomic E-state index is 10.0. The summed E-state index contributed by atoms with van der Waals surface area (Å²) in [5.74, 6) is 0.526. The molecule has 0 atom stereocenters. The Morgan fingerprint density at radius 3 is 2.20 bits per heavy atom. The van der Waals surface area contributed by atoms with Crippen molar-refractivity contribution in [2.24, 2.45) is 5.92 Å². The number of fused-ring (bicyclic) bond motifs is 1. The van der Waals surface area contributed by atoms with Crippen LogP contribution in [0.25, 0.3) is 22.2 Å². The second kappa shape index (κ2) is 11.9. The fraction of sp³-hybridized carbons (Fsp3) is 0.346. The molecule has 0 aliphatic heterocycles. The number of hydrogen-bond acceptors (Lipinski definition) is 3. The van der Waals surface area contributed by atoms with Gasteiger partial charge in [-0.05, 0) is 43.5 Å². The molecule has 0 aliphatic carbocycles. The third-order valence-corrected chi connectivity index (χ3v) is 4.37. The van der Waals surface area contributed by atoms with Gasteiger partial charge in [0.15, 0.2) is 0 Å². The monoisotopic (exact) mass is 581 g/mol. The molecule has 1 aromatic heterocycles. The predicted octanol–water partition coefficient (Wildman–Crippen LogP) is 6.07. The van der Waals surface area contributed by atoms with E-state index in [2.05, 4.69) is 76.2 Å². The Hall–Kier alpha value is -2.16. The number of pyridine rings is 1. The molecule has 0 saturated heterocycles. The van der Waals surface area contributed by atoms with E-state index in [0.717, 1.165) is 28.8 Å². The number of Topliss-reactive ketones (excluding diaryl/α,β-unsaturated/α-hetero) is 2. The molecule has 1 radical (unpaired) electrons. The van der Waals surface area contributed by atoms with Gasteiger partial charge in [0.05, 0.1) is 11.9 Å². The predicted molar refractivity (Wildman–Crippen MR) is 120 cm³/mol. The molecule has 3 rings (SSSR count). The average Bonchev–Trinajstić information content (AvgIpc) is 2.59. The molecule has 0 bridgehead atoms. The summed E-state index contributed by atoms with van der Waals surface area (Å²) in [6, 6.07) is 18.5. The normalized spacial score (nSPS) is 10.2. The Bertz CT molecular complexity index is 992. The van der Waals surface area contributed by atoms with E-state index in [1.807, 2.05) is 0 Å². The number of hydrogen-bond donors (Lipinski definition) is 0. The number of benzene rings is 2. The molecular weight excluding hydrogens is 551 g/mol. The number of aryl methyl sites for hydroxylation is 2. The Morgan fingerprint density at radius 2 is 1.67 bits per heavy atom. The summed E-state index contributed by atoms with van der Waals surface area (Å²) in [4.78, 5) is 24.9. The molecule has 0 fully saturated rings. The van der Waals surface area contributed by atoms with Crippen LogP contribution in [-0.2, 0) is 36.1 Å². The average molecular weight is 581 g/mol. The zero-order valence-electron chi connectivity index (χ0n) is 18.6. The Kier molecular flexibility index (Phi) is 10.2. The number of nitrogens with zero attached hydrogens (tertiary/aromatic N) is 1.